The van der Waals surface area contributed by atoms with Crippen LogP contribution in [0, 0.1) is 5.82 Å². The zero-order chi connectivity index (χ0) is 19.7. The third-order valence-electron chi connectivity index (χ3n) is 4.86. The number of nitrogens with zero attached hydrogens (tertiary/aromatic N) is 2. The van der Waals surface area contributed by atoms with Crippen LogP contribution in [0.25, 0.3) is 10.9 Å². The van der Waals surface area contributed by atoms with Gasteiger partial charge in [0, 0.05) is 37.8 Å². The van der Waals surface area contributed by atoms with Crippen molar-refractivity contribution in [3.05, 3.63) is 54.5 Å². The van der Waals surface area contributed by atoms with E-state index in [4.69, 9.17) is 4.74 Å². The maximum absolute atomic E-state index is 13.7. The van der Waals surface area contributed by atoms with Gasteiger partial charge in [-0.25, -0.2) is 16.8 Å². The Labute approximate surface area is 163 Å². The summed E-state index contributed by atoms with van der Waals surface area (Å²) in [7, 11) is -3.88. The van der Waals surface area contributed by atoms with Gasteiger partial charge in [-0.2, -0.15) is 0 Å². The molecule has 3 aromatic rings. The highest BCUT2D eigenvalue weighted by atomic mass is 32.2. The molecule has 1 N–H and O–H groups in total. The van der Waals surface area contributed by atoms with Gasteiger partial charge in [0.2, 0.25) is 0 Å². The standard InChI is InChI=1S/C20H22FN3O3S/c1-2-27-20-6-5-17(14-19(20)23-11-8-22-9-12-23)28(25,26)24-10-7-15-3-4-16(21)13-18(15)24/h3-7,10,13-14,22H,2,8-9,11-12H2,1H3. The Morgan fingerprint density at radius 2 is 1.89 bits per heavy atom. The Bertz CT molecular complexity index is 1110. The zero-order valence-electron chi connectivity index (χ0n) is 15.6. The van der Waals surface area contributed by atoms with E-state index in [-0.39, 0.29) is 4.90 Å². The van der Waals surface area contributed by atoms with E-state index in [9.17, 15) is 12.8 Å². The molecule has 0 bridgehead atoms. The molecule has 0 saturated carbocycles. The van der Waals surface area contributed by atoms with E-state index in [0.717, 1.165) is 35.8 Å². The van der Waals surface area contributed by atoms with E-state index < -0.39 is 15.8 Å². The molecule has 0 spiro atoms. The number of hydrogen-bond acceptors (Lipinski definition) is 5. The number of halogens is 1. The molecule has 6 nitrogen and oxygen atoms in total. The molecule has 1 fully saturated rings. The second-order valence-electron chi connectivity index (χ2n) is 6.62. The summed E-state index contributed by atoms with van der Waals surface area (Å²) in [6.07, 6.45) is 1.46. The largest absolute Gasteiger partial charge is 0.492 e. The number of aromatic nitrogens is 1. The van der Waals surface area contributed by atoms with Crippen LogP contribution in [0.1, 0.15) is 6.92 Å². The maximum Gasteiger partial charge on any atom is 0.268 e. The second-order valence-corrected chi connectivity index (χ2v) is 8.43. The first-order valence-electron chi connectivity index (χ1n) is 9.25. The molecule has 0 atom stereocenters. The molecule has 2 heterocycles. The van der Waals surface area contributed by atoms with Gasteiger partial charge in [0.25, 0.3) is 10.0 Å². The van der Waals surface area contributed by atoms with Gasteiger partial charge in [-0.1, -0.05) is 0 Å². The van der Waals surface area contributed by atoms with Crippen LogP contribution in [0.15, 0.2) is 53.6 Å². The topological polar surface area (TPSA) is 63.6 Å². The van der Waals surface area contributed by atoms with Crippen LogP contribution in [0.5, 0.6) is 5.75 Å². The van der Waals surface area contributed by atoms with Gasteiger partial charge in [0.15, 0.2) is 0 Å². The monoisotopic (exact) mass is 403 g/mol. The molecule has 4 rings (SSSR count). The highest BCUT2D eigenvalue weighted by Gasteiger charge is 2.23. The Morgan fingerprint density at radius 3 is 2.64 bits per heavy atom. The summed E-state index contributed by atoms with van der Waals surface area (Å²) in [6, 6.07) is 10.7. The number of fused-ring (bicyclic) bond motifs is 1. The molecule has 28 heavy (non-hydrogen) atoms. The third kappa shape index (κ3) is 3.33. The third-order valence-corrected chi connectivity index (χ3v) is 6.55. The van der Waals surface area contributed by atoms with Crippen molar-refractivity contribution >= 4 is 26.6 Å². The minimum atomic E-state index is -3.88. The van der Waals surface area contributed by atoms with Crippen LogP contribution in [0.2, 0.25) is 0 Å². The smallest absolute Gasteiger partial charge is 0.268 e. The molecular weight excluding hydrogens is 381 g/mol. The van der Waals surface area contributed by atoms with Gasteiger partial charge in [-0.05, 0) is 49.4 Å². The van der Waals surface area contributed by atoms with Crippen molar-refractivity contribution in [3.63, 3.8) is 0 Å². The lowest BCUT2D eigenvalue weighted by Crippen LogP contribution is -2.43. The van der Waals surface area contributed by atoms with Gasteiger partial charge in [0.05, 0.1) is 22.7 Å². The Hall–Kier alpha value is -2.58. The minimum Gasteiger partial charge on any atom is -0.492 e. The van der Waals surface area contributed by atoms with E-state index in [1.807, 2.05) is 6.92 Å². The van der Waals surface area contributed by atoms with Crippen LogP contribution in [0.4, 0.5) is 10.1 Å². The highest BCUT2D eigenvalue weighted by molar-refractivity contribution is 7.90. The van der Waals surface area contributed by atoms with Crippen LogP contribution in [-0.4, -0.2) is 45.2 Å². The molecule has 148 valence electrons. The molecular formula is C20H22FN3O3S. The maximum atomic E-state index is 13.7. The predicted molar refractivity (Wildman–Crippen MR) is 107 cm³/mol. The van der Waals surface area contributed by atoms with Gasteiger partial charge < -0.3 is 15.0 Å². The fourth-order valence-corrected chi connectivity index (χ4v) is 4.85. The number of anilines is 1. The summed E-state index contributed by atoms with van der Waals surface area (Å²) >= 11 is 0. The van der Waals surface area contributed by atoms with Gasteiger partial charge in [-0.15, -0.1) is 0 Å². The fourth-order valence-electron chi connectivity index (χ4n) is 3.49. The molecule has 1 saturated heterocycles. The van der Waals surface area contributed by atoms with E-state index in [0.29, 0.717) is 23.3 Å². The molecule has 2 aromatic carbocycles. The summed E-state index contributed by atoms with van der Waals surface area (Å²) in [5, 5.41) is 3.95. The number of rotatable bonds is 5. The molecule has 8 heteroatoms. The van der Waals surface area contributed by atoms with Crippen molar-refractivity contribution in [2.75, 3.05) is 37.7 Å². The van der Waals surface area contributed by atoms with Gasteiger partial charge >= 0.3 is 0 Å². The number of benzene rings is 2. The molecule has 0 radical (unpaired) electrons. The summed E-state index contributed by atoms with van der Waals surface area (Å²) in [5.41, 5.74) is 1.07. The summed E-state index contributed by atoms with van der Waals surface area (Å²) in [4.78, 5) is 2.26. The first-order chi connectivity index (χ1) is 13.5. The van der Waals surface area contributed by atoms with E-state index in [1.54, 1.807) is 24.3 Å². The molecule has 0 amide bonds. The van der Waals surface area contributed by atoms with Crippen molar-refractivity contribution in [3.8, 4) is 5.75 Å². The van der Waals surface area contributed by atoms with Crippen LogP contribution < -0.4 is 15.0 Å². The SMILES string of the molecule is CCOc1ccc(S(=O)(=O)n2ccc3ccc(F)cc32)cc1N1CCNCC1. The van der Waals surface area contributed by atoms with E-state index >= 15 is 0 Å². The summed E-state index contributed by atoms with van der Waals surface area (Å²) in [6.45, 7) is 5.57. The number of hydrogen-bond donors (Lipinski definition) is 1. The lowest BCUT2D eigenvalue weighted by atomic mass is 10.2. The minimum absolute atomic E-state index is 0.145. The zero-order valence-corrected chi connectivity index (χ0v) is 16.4. The quantitative estimate of drug-likeness (QED) is 0.710. The average Bonchev–Trinajstić information content (AvgIpc) is 3.13. The Kier molecular flexibility index (Phi) is 4.99. The molecule has 0 aliphatic carbocycles. The molecule has 1 aromatic heterocycles. The first-order valence-corrected chi connectivity index (χ1v) is 10.7. The van der Waals surface area contributed by atoms with Crippen molar-refractivity contribution in [1.82, 2.24) is 9.29 Å². The van der Waals surface area contributed by atoms with E-state index in [1.165, 1.54) is 24.4 Å². The predicted octanol–water partition coefficient (Wildman–Crippen LogP) is 2.83. The molecule has 1 aliphatic rings. The summed E-state index contributed by atoms with van der Waals surface area (Å²) < 4.78 is 47.1. The average molecular weight is 403 g/mol. The van der Waals surface area contributed by atoms with Crippen LogP contribution in [0.3, 0.4) is 0 Å². The van der Waals surface area contributed by atoms with Crippen molar-refractivity contribution in [2.45, 2.75) is 11.8 Å². The van der Waals surface area contributed by atoms with Gasteiger partial charge in [-0.3, -0.25) is 0 Å². The van der Waals surface area contributed by atoms with E-state index in [2.05, 4.69) is 10.2 Å². The van der Waals surface area contributed by atoms with Crippen molar-refractivity contribution in [2.24, 2.45) is 0 Å². The highest BCUT2D eigenvalue weighted by Crippen LogP contribution is 2.33. The van der Waals surface area contributed by atoms with Crippen LogP contribution >= 0.6 is 0 Å². The first kappa shape index (κ1) is 18.8. The Morgan fingerprint density at radius 1 is 1.11 bits per heavy atom. The normalized spacial score (nSPS) is 15.1. The number of ether oxygens (including phenoxy) is 1. The molecule has 0 unspecified atom stereocenters. The van der Waals surface area contributed by atoms with Gasteiger partial charge in [0.1, 0.15) is 11.6 Å². The molecule has 1 aliphatic heterocycles. The second kappa shape index (κ2) is 7.44. The fraction of sp³-hybridized carbons (Fsp3) is 0.300. The Balaban J connectivity index is 1.81. The summed E-state index contributed by atoms with van der Waals surface area (Å²) in [5.74, 6) is 0.183. The number of piperazine rings is 1. The van der Waals surface area contributed by atoms with Crippen LogP contribution in [-0.2, 0) is 10.0 Å². The lowest BCUT2D eigenvalue weighted by molar-refractivity contribution is 0.339. The lowest BCUT2D eigenvalue weighted by Gasteiger charge is -2.31. The van der Waals surface area contributed by atoms with Crippen molar-refractivity contribution in [1.29, 1.82) is 0 Å². The van der Waals surface area contributed by atoms with Crippen molar-refractivity contribution < 1.29 is 17.5 Å². The number of nitrogens with one attached hydrogen (secondary N) is 1.